The van der Waals surface area contributed by atoms with Crippen LogP contribution in [-0.4, -0.2) is 49.1 Å². The summed E-state index contributed by atoms with van der Waals surface area (Å²) in [4.78, 5) is 31.9. The van der Waals surface area contributed by atoms with Gasteiger partial charge in [-0.15, -0.1) is 0 Å². The molecule has 2 aromatic carbocycles. The van der Waals surface area contributed by atoms with E-state index in [1.165, 1.54) is 6.07 Å². The summed E-state index contributed by atoms with van der Waals surface area (Å²) < 4.78 is 14.8. The number of fused-ring (bicyclic) bond motifs is 1. The normalized spacial score (nSPS) is 20.5. The number of carbonyl (C=O) groups excluding carboxylic acids is 2. The van der Waals surface area contributed by atoms with Crippen LogP contribution in [0.2, 0.25) is 0 Å². The van der Waals surface area contributed by atoms with Gasteiger partial charge in [0.2, 0.25) is 11.8 Å². The minimum atomic E-state index is -0.481. The SMILES string of the molecule is CC(=O)N(C)C1CCN(c2ccc(N=CC3C(=O)Nc4cccc(C)c43)cc2F)C1. The van der Waals surface area contributed by atoms with Gasteiger partial charge >= 0.3 is 0 Å². The van der Waals surface area contributed by atoms with Crippen LogP contribution in [0.3, 0.4) is 0 Å². The standard InChI is InChI=1S/C23H25FN4O2/c1-14-5-4-6-20-22(14)18(23(30)26-20)12-25-16-7-8-21(19(24)11-16)28-10-9-17(13-28)27(3)15(2)29/h4-8,11-12,17-18H,9-10,13H2,1-3H3,(H,26,30). The van der Waals surface area contributed by atoms with E-state index in [4.69, 9.17) is 0 Å². The van der Waals surface area contributed by atoms with Crippen LogP contribution in [0.1, 0.15) is 30.4 Å². The lowest BCUT2D eigenvalue weighted by molar-refractivity contribution is -0.129. The highest BCUT2D eigenvalue weighted by atomic mass is 19.1. The number of nitrogens with one attached hydrogen (secondary N) is 1. The van der Waals surface area contributed by atoms with Gasteiger partial charge in [0.05, 0.1) is 17.4 Å². The maximum Gasteiger partial charge on any atom is 0.237 e. The smallest absolute Gasteiger partial charge is 0.237 e. The van der Waals surface area contributed by atoms with E-state index in [9.17, 15) is 14.0 Å². The van der Waals surface area contributed by atoms with Crippen molar-refractivity contribution in [2.24, 2.45) is 4.99 Å². The van der Waals surface area contributed by atoms with Crippen molar-refractivity contribution in [1.29, 1.82) is 0 Å². The van der Waals surface area contributed by atoms with Crippen LogP contribution < -0.4 is 10.2 Å². The van der Waals surface area contributed by atoms with Crippen molar-refractivity contribution in [3.8, 4) is 0 Å². The van der Waals surface area contributed by atoms with Gasteiger partial charge < -0.3 is 15.1 Å². The van der Waals surface area contributed by atoms with Gasteiger partial charge in [0, 0.05) is 45.0 Å². The van der Waals surface area contributed by atoms with Gasteiger partial charge in [-0.1, -0.05) is 12.1 Å². The van der Waals surface area contributed by atoms with Crippen molar-refractivity contribution in [3.63, 3.8) is 0 Å². The van der Waals surface area contributed by atoms with E-state index in [0.29, 0.717) is 24.5 Å². The molecular formula is C23H25FN4O2. The molecule has 2 aliphatic rings. The highest BCUT2D eigenvalue weighted by Crippen LogP contribution is 2.34. The Kier molecular flexibility index (Phi) is 5.28. The second kappa shape index (κ2) is 7.89. The van der Waals surface area contributed by atoms with E-state index >= 15 is 0 Å². The predicted molar refractivity (Wildman–Crippen MR) is 116 cm³/mol. The lowest BCUT2D eigenvalue weighted by Gasteiger charge is -2.24. The summed E-state index contributed by atoms with van der Waals surface area (Å²) in [5, 5.41) is 2.86. The van der Waals surface area contributed by atoms with Crippen LogP contribution in [0.5, 0.6) is 0 Å². The quantitative estimate of drug-likeness (QED) is 0.786. The molecule has 0 radical (unpaired) electrons. The van der Waals surface area contributed by atoms with E-state index in [-0.39, 0.29) is 23.7 Å². The summed E-state index contributed by atoms with van der Waals surface area (Å²) >= 11 is 0. The van der Waals surface area contributed by atoms with Crippen molar-refractivity contribution in [2.75, 3.05) is 30.4 Å². The number of nitrogens with zero attached hydrogens (tertiary/aromatic N) is 3. The molecule has 0 bridgehead atoms. The van der Waals surface area contributed by atoms with Gasteiger partial charge in [-0.3, -0.25) is 14.6 Å². The molecule has 1 fully saturated rings. The van der Waals surface area contributed by atoms with Crippen LogP contribution in [0.25, 0.3) is 0 Å². The Bertz CT molecular complexity index is 1040. The fourth-order valence-corrected chi connectivity index (χ4v) is 4.21. The van der Waals surface area contributed by atoms with Crippen molar-refractivity contribution in [2.45, 2.75) is 32.2 Å². The summed E-state index contributed by atoms with van der Waals surface area (Å²) in [6.07, 6.45) is 2.39. The Morgan fingerprint density at radius 3 is 2.87 bits per heavy atom. The third kappa shape index (κ3) is 3.67. The van der Waals surface area contributed by atoms with E-state index < -0.39 is 5.92 Å². The van der Waals surface area contributed by atoms with Gasteiger partial charge in [-0.25, -0.2) is 4.39 Å². The maximum atomic E-state index is 14.8. The highest BCUT2D eigenvalue weighted by Gasteiger charge is 2.31. The third-order valence-corrected chi connectivity index (χ3v) is 6.03. The predicted octanol–water partition coefficient (Wildman–Crippen LogP) is 3.63. The third-order valence-electron chi connectivity index (χ3n) is 6.03. The number of carbonyl (C=O) groups is 2. The zero-order valence-corrected chi connectivity index (χ0v) is 17.4. The molecule has 30 heavy (non-hydrogen) atoms. The van der Waals surface area contributed by atoms with Crippen LogP contribution in [0.4, 0.5) is 21.5 Å². The molecule has 7 heteroatoms. The van der Waals surface area contributed by atoms with Crippen molar-refractivity contribution in [3.05, 3.63) is 53.3 Å². The molecule has 6 nitrogen and oxygen atoms in total. The summed E-state index contributed by atoms with van der Waals surface area (Å²) in [7, 11) is 1.78. The number of hydrogen-bond acceptors (Lipinski definition) is 4. The lowest BCUT2D eigenvalue weighted by atomic mass is 9.97. The molecular weight excluding hydrogens is 383 g/mol. The minimum Gasteiger partial charge on any atom is -0.367 e. The topological polar surface area (TPSA) is 65.0 Å². The van der Waals surface area contributed by atoms with Crippen molar-refractivity contribution >= 4 is 35.1 Å². The molecule has 2 heterocycles. The monoisotopic (exact) mass is 408 g/mol. The first-order valence-corrected chi connectivity index (χ1v) is 10.1. The van der Waals surface area contributed by atoms with Gasteiger partial charge in [-0.05, 0) is 42.7 Å². The number of halogens is 1. The van der Waals surface area contributed by atoms with Crippen LogP contribution >= 0.6 is 0 Å². The molecule has 0 saturated carbocycles. The van der Waals surface area contributed by atoms with Crippen LogP contribution in [0, 0.1) is 12.7 Å². The Hall–Kier alpha value is -3.22. The average Bonchev–Trinajstić information content (AvgIpc) is 3.31. The Labute approximate surface area is 175 Å². The summed E-state index contributed by atoms with van der Waals surface area (Å²) in [5.74, 6) is -0.953. The molecule has 156 valence electrons. The van der Waals surface area contributed by atoms with E-state index in [2.05, 4.69) is 10.3 Å². The second-order valence-electron chi connectivity index (χ2n) is 7.94. The Morgan fingerprint density at radius 1 is 1.33 bits per heavy atom. The van der Waals surface area contributed by atoms with Gasteiger partial charge in [0.1, 0.15) is 11.7 Å². The maximum absolute atomic E-state index is 14.8. The number of benzene rings is 2. The number of hydrogen-bond donors (Lipinski definition) is 1. The Morgan fingerprint density at radius 2 is 2.13 bits per heavy atom. The summed E-state index contributed by atoms with van der Waals surface area (Å²) in [6, 6.07) is 10.7. The Balaban J connectivity index is 1.50. The fourth-order valence-electron chi connectivity index (χ4n) is 4.21. The molecule has 2 aliphatic heterocycles. The fraction of sp³-hybridized carbons (Fsp3) is 0.348. The molecule has 0 spiro atoms. The molecule has 2 aromatic rings. The van der Waals surface area contributed by atoms with E-state index in [1.807, 2.05) is 30.0 Å². The molecule has 0 aliphatic carbocycles. The van der Waals surface area contributed by atoms with Gasteiger partial charge in [-0.2, -0.15) is 0 Å². The number of rotatable bonds is 4. The first-order chi connectivity index (χ1) is 14.3. The van der Waals surface area contributed by atoms with Gasteiger partial charge in [0.25, 0.3) is 0 Å². The average molecular weight is 408 g/mol. The number of amides is 2. The van der Waals surface area contributed by atoms with Crippen LogP contribution in [0.15, 0.2) is 41.4 Å². The second-order valence-corrected chi connectivity index (χ2v) is 7.94. The van der Waals surface area contributed by atoms with E-state index in [1.54, 1.807) is 37.2 Å². The zero-order valence-electron chi connectivity index (χ0n) is 17.4. The lowest BCUT2D eigenvalue weighted by Crippen LogP contribution is -2.37. The molecule has 4 rings (SSSR count). The largest absolute Gasteiger partial charge is 0.367 e. The molecule has 1 saturated heterocycles. The van der Waals surface area contributed by atoms with E-state index in [0.717, 1.165) is 23.2 Å². The zero-order chi connectivity index (χ0) is 21.4. The number of anilines is 2. The molecule has 1 N–H and O–H groups in total. The molecule has 2 atom stereocenters. The number of aryl methyl sites for hydroxylation is 1. The highest BCUT2D eigenvalue weighted by molar-refractivity contribution is 6.13. The minimum absolute atomic E-state index is 0.0137. The molecule has 2 unspecified atom stereocenters. The van der Waals surface area contributed by atoms with Gasteiger partial charge in [0.15, 0.2) is 0 Å². The molecule has 0 aromatic heterocycles. The number of aliphatic imine (C=N–C) groups is 1. The first-order valence-electron chi connectivity index (χ1n) is 10.1. The van der Waals surface area contributed by atoms with Crippen LogP contribution in [-0.2, 0) is 9.59 Å². The van der Waals surface area contributed by atoms with Crippen molar-refractivity contribution in [1.82, 2.24) is 4.90 Å². The number of likely N-dealkylation sites (N-methyl/N-ethyl adjacent to an activating group) is 1. The van der Waals surface area contributed by atoms with Crippen molar-refractivity contribution < 1.29 is 14.0 Å². The molecule has 2 amide bonds. The summed E-state index contributed by atoms with van der Waals surface area (Å²) in [6.45, 7) is 4.80. The first kappa shape index (κ1) is 20.1. The summed E-state index contributed by atoms with van der Waals surface area (Å²) in [5.41, 5.74) is 3.71.